The van der Waals surface area contributed by atoms with Crippen LogP contribution in [-0.4, -0.2) is 23.1 Å². The van der Waals surface area contributed by atoms with Gasteiger partial charge < -0.3 is 9.84 Å². The van der Waals surface area contributed by atoms with E-state index >= 15 is 0 Å². The first-order chi connectivity index (χ1) is 16.1. The monoisotopic (exact) mass is 464 g/mol. The number of hydrogen-bond acceptors (Lipinski definition) is 3. The molecule has 0 rings (SSSR count). The van der Waals surface area contributed by atoms with Crippen molar-refractivity contribution in [3.8, 4) is 0 Å². The summed E-state index contributed by atoms with van der Waals surface area (Å²) in [5, 5.41) is 8.74. The summed E-state index contributed by atoms with van der Waals surface area (Å²) >= 11 is 0. The van der Waals surface area contributed by atoms with Crippen molar-refractivity contribution in [3.05, 3.63) is 24.3 Å². The molecule has 0 aromatic heterocycles. The summed E-state index contributed by atoms with van der Waals surface area (Å²) in [6.07, 6.45) is 29.1. The van der Waals surface area contributed by atoms with E-state index in [1.165, 1.54) is 57.8 Å². The number of carboxylic acid groups (broad SMARTS) is 1. The number of unbranched alkanes of at least 4 members (excludes halogenated alkanes) is 13. The van der Waals surface area contributed by atoms with Gasteiger partial charge in [0.1, 0.15) is 6.10 Å². The van der Waals surface area contributed by atoms with Gasteiger partial charge in [-0.3, -0.25) is 9.59 Å². The molecule has 0 aromatic rings. The molecule has 0 saturated heterocycles. The average Bonchev–Trinajstić information content (AvgIpc) is 2.79. The van der Waals surface area contributed by atoms with Crippen LogP contribution in [0.15, 0.2) is 24.3 Å². The van der Waals surface area contributed by atoms with Crippen LogP contribution in [-0.2, 0) is 14.3 Å². The topological polar surface area (TPSA) is 63.6 Å². The lowest BCUT2D eigenvalue weighted by molar-refractivity contribution is -0.147. The van der Waals surface area contributed by atoms with Crippen molar-refractivity contribution in [2.24, 2.45) is 0 Å². The number of aliphatic carboxylic acids is 1. The summed E-state index contributed by atoms with van der Waals surface area (Å²) in [7, 11) is 0. The van der Waals surface area contributed by atoms with Gasteiger partial charge in [-0.15, -0.1) is 0 Å². The van der Waals surface area contributed by atoms with Crippen molar-refractivity contribution >= 4 is 11.9 Å². The Hall–Kier alpha value is -1.58. The minimum Gasteiger partial charge on any atom is -0.481 e. The van der Waals surface area contributed by atoms with Crippen LogP contribution in [0.5, 0.6) is 0 Å². The Labute approximate surface area is 204 Å². The zero-order chi connectivity index (χ0) is 24.4. The van der Waals surface area contributed by atoms with Crippen LogP contribution in [0.2, 0.25) is 0 Å². The number of carbonyl (C=O) groups excluding carboxylic acids is 1. The van der Waals surface area contributed by atoms with E-state index in [0.29, 0.717) is 6.42 Å². The summed E-state index contributed by atoms with van der Waals surface area (Å²) in [6, 6.07) is 0. The second-order valence-electron chi connectivity index (χ2n) is 9.23. The highest BCUT2D eigenvalue weighted by atomic mass is 16.5. The van der Waals surface area contributed by atoms with Crippen LogP contribution < -0.4 is 0 Å². The molecule has 0 saturated carbocycles. The fourth-order valence-corrected chi connectivity index (χ4v) is 3.84. The number of allylic oxidation sites excluding steroid dienone is 3. The number of ether oxygens (including phenoxy) is 1. The Bertz CT molecular complexity index is 510. The molecule has 0 spiro atoms. The summed E-state index contributed by atoms with van der Waals surface area (Å²) in [4.78, 5) is 23.0. The summed E-state index contributed by atoms with van der Waals surface area (Å²) in [5.74, 6) is -0.815. The van der Waals surface area contributed by atoms with E-state index in [0.717, 1.165) is 57.8 Å². The van der Waals surface area contributed by atoms with Crippen molar-refractivity contribution < 1.29 is 19.4 Å². The van der Waals surface area contributed by atoms with E-state index in [1.54, 1.807) is 0 Å². The van der Waals surface area contributed by atoms with E-state index in [2.05, 4.69) is 32.1 Å². The van der Waals surface area contributed by atoms with Gasteiger partial charge in [0.2, 0.25) is 0 Å². The molecule has 0 aliphatic rings. The molecule has 0 aromatic carbocycles. The predicted molar refractivity (Wildman–Crippen MR) is 139 cm³/mol. The van der Waals surface area contributed by atoms with Crippen LogP contribution >= 0.6 is 0 Å². The smallest absolute Gasteiger partial charge is 0.306 e. The molecule has 0 bridgehead atoms. The Morgan fingerprint density at radius 2 is 1.27 bits per heavy atom. The van der Waals surface area contributed by atoms with Crippen LogP contribution in [0.1, 0.15) is 142 Å². The van der Waals surface area contributed by atoms with Gasteiger partial charge in [0.15, 0.2) is 0 Å². The van der Waals surface area contributed by atoms with Crippen LogP contribution in [0.4, 0.5) is 0 Å². The average molecular weight is 465 g/mol. The van der Waals surface area contributed by atoms with Crippen molar-refractivity contribution in [1.29, 1.82) is 0 Å². The van der Waals surface area contributed by atoms with E-state index < -0.39 is 5.97 Å². The number of carbonyl (C=O) groups is 2. The highest BCUT2D eigenvalue weighted by Crippen LogP contribution is 2.14. The molecule has 1 N–H and O–H groups in total. The Balaban J connectivity index is 4.22. The fraction of sp³-hybridized carbons (Fsp3) is 0.793. The normalized spacial score (nSPS) is 12.5. The molecular weight excluding hydrogens is 412 g/mol. The molecule has 4 nitrogen and oxygen atoms in total. The molecule has 0 heterocycles. The number of rotatable bonds is 24. The zero-order valence-corrected chi connectivity index (χ0v) is 21.7. The molecule has 4 heteroatoms. The number of carboxylic acids is 1. The molecule has 0 amide bonds. The van der Waals surface area contributed by atoms with Gasteiger partial charge >= 0.3 is 11.9 Å². The van der Waals surface area contributed by atoms with Crippen molar-refractivity contribution in [2.45, 2.75) is 148 Å². The van der Waals surface area contributed by atoms with Gasteiger partial charge in [-0.1, -0.05) is 103 Å². The molecule has 1 unspecified atom stereocenters. The maximum Gasteiger partial charge on any atom is 0.306 e. The van der Waals surface area contributed by atoms with Crippen molar-refractivity contribution in [1.82, 2.24) is 0 Å². The van der Waals surface area contributed by atoms with Crippen LogP contribution in [0.25, 0.3) is 0 Å². The third-order valence-electron chi connectivity index (χ3n) is 5.91. The molecule has 0 radical (unpaired) electrons. The third kappa shape index (κ3) is 24.9. The van der Waals surface area contributed by atoms with Gasteiger partial charge in [-0.05, 0) is 51.0 Å². The maximum atomic E-state index is 12.3. The Morgan fingerprint density at radius 3 is 1.94 bits per heavy atom. The second-order valence-corrected chi connectivity index (χ2v) is 9.23. The third-order valence-corrected chi connectivity index (χ3v) is 5.91. The van der Waals surface area contributed by atoms with E-state index in [9.17, 15) is 9.59 Å². The molecule has 192 valence electrons. The van der Waals surface area contributed by atoms with Gasteiger partial charge in [-0.2, -0.15) is 0 Å². The lowest BCUT2D eigenvalue weighted by Crippen LogP contribution is -2.16. The first kappa shape index (κ1) is 31.4. The minimum atomic E-state index is -0.728. The SMILES string of the molecule is CCCCC/C=C\C/C=C\C(CCCCCCC(=O)O)OC(=O)CCCCCCCCCC. The summed E-state index contributed by atoms with van der Waals surface area (Å²) in [5.41, 5.74) is 0. The number of hydrogen-bond donors (Lipinski definition) is 1. The van der Waals surface area contributed by atoms with Crippen LogP contribution in [0, 0.1) is 0 Å². The second kappa shape index (κ2) is 25.1. The minimum absolute atomic E-state index is 0.0865. The largest absolute Gasteiger partial charge is 0.481 e. The predicted octanol–water partition coefficient (Wildman–Crippen LogP) is 8.94. The van der Waals surface area contributed by atoms with Gasteiger partial charge in [-0.25, -0.2) is 0 Å². The Kier molecular flexibility index (Phi) is 23.9. The van der Waals surface area contributed by atoms with Gasteiger partial charge in [0, 0.05) is 12.8 Å². The zero-order valence-electron chi connectivity index (χ0n) is 21.7. The first-order valence-corrected chi connectivity index (χ1v) is 13.8. The molecule has 1 atom stereocenters. The van der Waals surface area contributed by atoms with Gasteiger partial charge in [0.25, 0.3) is 0 Å². The van der Waals surface area contributed by atoms with Crippen molar-refractivity contribution in [3.63, 3.8) is 0 Å². The fourth-order valence-electron chi connectivity index (χ4n) is 3.84. The van der Waals surface area contributed by atoms with Crippen LogP contribution in [0.3, 0.4) is 0 Å². The first-order valence-electron chi connectivity index (χ1n) is 13.8. The molecule has 0 fully saturated rings. The van der Waals surface area contributed by atoms with E-state index in [-0.39, 0.29) is 18.5 Å². The molecule has 0 aliphatic carbocycles. The molecular formula is C29H52O4. The summed E-state index contributed by atoms with van der Waals surface area (Å²) < 4.78 is 5.77. The van der Waals surface area contributed by atoms with Crippen molar-refractivity contribution in [2.75, 3.05) is 0 Å². The molecule has 33 heavy (non-hydrogen) atoms. The lowest BCUT2D eigenvalue weighted by atomic mass is 10.1. The van der Waals surface area contributed by atoms with Gasteiger partial charge in [0.05, 0.1) is 0 Å². The summed E-state index contributed by atoms with van der Waals surface area (Å²) in [6.45, 7) is 4.45. The quantitative estimate of drug-likeness (QED) is 0.0879. The highest BCUT2D eigenvalue weighted by molar-refractivity contribution is 5.69. The highest BCUT2D eigenvalue weighted by Gasteiger charge is 2.11. The van der Waals surface area contributed by atoms with E-state index in [1.807, 2.05) is 6.08 Å². The van der Waals surface area contributed by atoms with E-state index in [4.69, 9.17) is 9.84 Å². The Morgan fingerprint density at radius 1 is 0.697 bits per heavy atom. The standard InChI is InChI=1S/C29H52O4/c1-3-5-7-9-11-13-15-19-23-27(24-20-17-18-21-25-28(30)31)33-29(32)26-22-16-14-12-10-8-6-4-2/h11,13,19,23,27H,3-10,12,14-18,20-22,24-26H2,1-2H3,(H,30,31)/b13-11-,23-19-. The lowest BCUT2D eigenvalue weighted by Gasteiger charge is -2.14. The number of esters is 1. The molecule has 0 aliphatic heterocycles. The maximum absolute atomic E-state index is 12.3.